The van der Waals surface area contributed by atoms with Crippen molar-refractivity contribution in [3.63, 3.8) is 0 Å². The van der Waals surface area contributed by atoms with Crippen LogP contribution in [-0.4, -0.2) is 43.3 Å². The highest BCUT2D eigenvalue weighted by Crippen LogP contribution is 2.25. The molecular weight excluding hydrogens is 404 g/mol. The Hall–Kier alpha value is -2.23. The second-order valence-electron chi connectivity index (χ2n) is 8.23. The van der Waals surface area contributed by atoms with Crippen molar-refractivity contribution in [1.82, 2.24) is 19.8 Å². The van der Waals surface area contributed by atoms with Crippen LogP contribution in [0, 0.1) is 0 Å². The lowest BCUT2D eigenvalue weighted by Gasteiger charge is -2.15. The molecule has 1 aliphatic heterocycles. The maximum atomic E-state index is 12.7. The Morgan fingerprint density at radius 2 is 2.03 bits per heavy atom. The Bertz CT molecular complexity index is 1090. The first kappa shape index (κ1) is 19.7. The molecule has 1 aromatic carbocycles. The Kier molecular flexibility index (Phi) is 5.12. The Balaban J connectivity index is 1.29. The molecule has 0 saturated heterocycles. The number of carbonyl (C=O) groups excluding carboxylic acids is 1. The molecule has 9 heteroatoms. The Labute approximate surface area is 176 Å². The van der Waals surface area contributed by atoms with Crippen LogP contribution in [0.3, 0.4) is 0 Å². The van der Waals surface area contributed by atoms with Gasteiger partial charge in [0.1, 0.15) is 0 Å². The molecule has 2 aliphatic carbocycles. The minimum atomic E-state index is -3.59. The molecule has 2 N–H and O–H groups in total. The topological polar surface area (TPSA) is 102 Å². The second kappa shape index (κ2) is 7.79. The number of aromatic nitrogens is 2. The van der Waals surface area contributed by atoms with E-state index in [2.05, 4.69) is 15.1 Å². The van der Waals surface area contributed by atoms with E-state index in [1.807, 2.05) is 6.07 Å². The van der Waals surface area contributed by atoms with Gasteiger partial charge in [0.05, 0.1) is 24.7 Å². The molecule has 8 nitrogen and oxygen atoms in total. The minimum Gasteiger partial charge on any atom is -0.376 e. The van der Waals surface area contributed by atoms with Gasteiger partial charge >= 0.3 is 0 Å². The maximum absolute atomic E-state index is 12.7. The van der Waals surface area contributed by atoms with E-state index in [9.17, 15) is 13.2 Å². The molecule has 1 fully saturated rings. The van der Waals surface area contributed by atoms with Crippen LogP contribution in [0.5, 0.6) is 0 Å². The predicted molar refractivity (Wildman–Crippen MR) is 110 cm³/mol. The number of nitrogens with zero attached hydrogens (tertiary/aromatic N) is 2. The van der Waals surface area contributed by atoms with E-state index < -0.39 is 10.0 Å². The average Bonchev–Trinajstić information content (AvgIpc) is 3.29. The SMILES string of the molecule is O=C(NC1CC1)c1nn(CCNS(=O)(=O)c2ccc3c(c2)CCC3)c2c1COCC2. The van der Waals surface area contributed by atoms with Gasteiger partial charge in [-0.15, -0.1) is 0 Å². The van der Waals surface area contributed by atoms with Crippen LogP contribution in [0.4, 0.5) is 0 Å². The van der Waals surface area contributed by atoms with Gasteiger partial charge in [0.15, 0.2) is 5.69 Å². The van der Waals surface area contributed by atoms with Gasteiger partial charge in [0, 0.05) is 30.3 Å². The Morgan fingerprint density at radius 3 is 2.87 bits per heavy atom. The highest BCUT2D eigenvalue weighted by Gasteiger charge is 2.29. The number of amides is 1. The van der Waals surface area contributed by atoms with Crippen molar-refractivity contribution in [2.45, 2.75) is 62.6 Å². The molecule has 1 saturated carbocycles. The van der Waals surface area contributed by atoms with Crippen molar-refractivity contribution in [2.24, 2.45) is 0 Å². The number of hydrogen-bond donors (Lipinski definition) is 2. The molecular formula is C21H26N4O4S. The van der Waals surface area contributed by atoms with Gasteiger partial charge in [0.2, 0.25) is 10.0 Å². The summed E-state index contributed by atoms with van der Waals surface area (Å²) in [6.07, 6.45) is 5.72. The molecule has 0 atom stereocenters. The second-order valence-corrected chi connectivity index (χ2v) is 10.00. The van der Waals surface area contributed by atoms with Crippen LogP contribution in [0.15, 0.2) is 23.1 Å². The van der Waals surface area contributed by atoms with Gasteiger partial charge < -0.3 is 10.1 Å². The van der Waals surface area contributed by atoms with Gasteiger partial charge in [-0.25, -0.2) is 13.1 Å². The van der Waals surface area contributed by atoms with E-state index in [1.54, 1.807) is 16.8 Å². The van der Waals surface area contributed by atoms with E-state index in [0.717, 1.165) is 48.9 Å². The summed E-state index contributed by atoms with van der Waals surface area (Å²) >= 11 is 0. The molecule has 30 heavy (non-hydrogen) atoms. The molecule has 3 aliphatic rings. The number of fused-ring (bicyclic) bond motifs is 2. The van der Waals surface area contributed by atoms with Gasteiger partial charge in [-0.05, 0) is 55.4 Å². The normalized spacial score (nSPS) is 18.1. The average molecular weight is 431 g/mol. The Morgan fingerprint density at radius 1 is 1.20 bits per heavy atom. The number of rotatable bonds is 7. The van der Waals surface area contributed by atoms with Crippen molar-refractivity contribution < 1.29 is 17.9 Å². The molecule has 160 valence electrons. The van der Waals surface area contributed by atoms with Crippen molar-refractivity contribution >= 4 is 15.9 Å². The summed E-state index contributed by atoms with van der Waals surface area (Å²) in [5.74, 6) is -0.170. The first-order valence-corrected chi connectivity index (χ1v) is 12.1. The first-order chi connectivity index (χ1) is 14.5. The summed E-state index contributed by atoms with van der Waals surface area (Å²) in [4.78, 5) is 12.8. The molecule has 1 amide bonds. The van der Waals surface area contributed by atoms with E-state index in [-0.39, 0.29) is 18.5 Å². The summed E-state index contributed by atoms with van der Waals surface area (Å²) in [5.41, 5.74) is 4.56. The summed E-state index contributed by atoms with van der Waals surface area (Å²) < 4.78 is 35.4. The number of nitrogens with one attached hydrogen (secondary N) is 2. The zero-order chi connectivity index (χ0) is 20.7. The molecule has 5 rings (SSSR count). The summed E-state index contributed by atoms with van der Waals surface area (Å²) in [6, 6.07) is 5.64. The third kappa shape index (κ3) is 3.89. The van der Waals surface area contributed by atoms with Crippen molar-refractivity contribution in [3.8, 4) is 0 Å². The monoisotopic (exact) mass is 430 g/mol. The van der Waals surface area contributed by atoms with Crippen molar-refractivity contribution in [1.29, 1.82) is 0 Å². The van der Waals surface area contributed by atoms with Gasteiger partial charge in [-0.3, -0.25) is 9.48 Å². The van der Waals surface area contributed by atoms with Crippen LogP contribution < -0.4 is 10.0 Å². The quantitative estimate of drug-likeness (QED) is 0.690. The first-order valence-electron chi connectivity index (χ1n) is 10.6. The van der Waals surface area contributed by atoms with E-state index in [1.165, 1.54) is 5.56 Å². The van der Waals surface area contributed by atoms with Crippen LogP contribution in [-0.2, 0) is 47.2 Å². The standard InChI is InChI=1S/C21H26N4O4S/c26-21(23-16-5-6-16)20-18-13-29-11-8-19(18)25(24-20)10-9-22-30(27,28)17-7-4-14-2-1-3-15(14)12-17/h4,7,12,16,22H,1-3,5-6,8-11,13H2,(H,23,26). The molecule has 0 bridgehead atoms. The van der Waals surface area contributed by atoms with Crippen LogP contribution in [0.1, 0.15) is 52.1 Å². The largest absolute Gasteiger partial charge is 0.376 e. The highest BCUT2D eigenvalue weighted by atomic mass is 32.2. The van der Waals surface area contributed by atoms with Gasteiger partial charge in [-0.2, -0.15) is 5.10 Å². The molecule has 1 aromatic heterocycles. The zero-order valence-electron chi connectivity index (χ0n) is 16.8. The van der Waals surface area contributed by atoms with Gasteiger partial charge in [-0.1, -0.05) is 6.07 Å². The third-order valence-electron chi connectivity index (χ3n) is 6.02. The van der Waals surface area contributed by atoms with Crippen LogP contribution in [0.2, 0.25) is 0 Å². The third-order valence-corrected chi connectivity index (χ3v) is 7.48. The fourth-order valence-corrected chi connectivity index (χ4v) is 5.31. The van der Waals surface area contributed by atoms with E-state index in [4.69, 9.17) is 4.74 Å². The lowest BCUT2D eigenvalue weighted by atomic mass is 10.1. The summed E-state index contributed by atoms with van der Waals surface area (Å²) in [7, 11) is -3.59. The predicted octanol–water partition coefficient (Wildman–Crippen LogP) is 1.32. The number of carbonyl (C=O) groups is 1. The fraction of sp³-hybridized carbons (Fsp3) is 0.524. The number of sulfonamides is 1. The molecule has 0 spiro atoms. The molecule has 2 heterocycles. The number of benzene rings is 1. The zero-order valence-corrected chi connectivity index (χ0v) is 17.6. The van der Waals surface area contributed by atoms with Gasteiger partial charge in [0.25, 0.3) is 5.91 Å². The molecule has 0 unspecified atom stereocenters. The highest BCUT2D eigenvalue weighted by molar-refractivity contribution is 7.89. The maximum Gasteiger partial charge on any atom is 0.272 e. The summed E-state index contributed by atoms with van der Waals surface area (Å²) in [5, 5.41) is 7.48. The van der Waals surface area contributed by atoms with Crippen LogP contribution >= 0.6 is 0 Å². The lowest BCUT2D eigenvalue weighted by Crippen LogP contribution is -2.29. The van der Waals surface area contributed by atoms with Crippen LogP contribution in [0.25, 0.3) is 0 Å². The fourth-order valence-electron chi connectivity index (χ4n) is 4.24. The van der Waals surface area contributed by atoms with Crippen molar-refractivity contribution in [3.05, 3.63) is 46.3 Å². The molecule has 2 aromatic rings. The number of ether oxygens (including phenoxy) is 1. The summed E-state index contributed by atoms with van der Waals surface area (Å²) in [6.45, 7) is 1.51. The van der Waals surface area contributed by atoms with Crippen molar-refractivity contribution in [2.75, 3.05) is 13.2 Å². The number of aryl methyl sites for hydroxylation is 2. The number of hydrogen-bond acceptors (Lipinski definition) is 5. The lowest BCUT2D eigenvalue weighted by molar-refractivity contribution is 0.0922. The minimum absolute atomic E-state index is 0.170. The smallest absolute Gasteiger partial charge is 0.272 e. The van der Waals surface area contributed by atoms with E-state index >= 15 is 0 Å². The van der Waals surface area contributed by atoms with E-state index in [0.29, 0.717) is 36.8 Å². The molecule has 0 radical (unpaired) electrons.